The molecule has 11 amide bonds. The molecular weight excluding hydrogens is 1300 g/mol. The molecular formula is C72H131N13O14S. The summed E-state index contributed by atoms with van der Waals surface area (Å²) in [4.78, 5) is 178. The number of carbonyl (C=O) groups is 11. The Morgan fingerprint density at radius 2 is 0.990 bits per heavy atom. The molecule has 7 N–H and O–H groups in total. The molecule has 28 heteroatoms. The van der Waals surface area contributed by atoms with Gasteiger partial charge in [0.25, 0.3) is 0 Å². The summed E-state index contributed by atoms with van der Waals surface area (Å²) in [6, 6.07) is -14.5. The third-order valence-electron chi connectivity index (χ3n) is 19.4. The summed E-state index contributed by atoms with van der Waals surface area (Å²) in [6.45, 7) is 33.4. The van der Waals surface area contributed by atoms with Gasteiger partial charge in [-0.2, -0.15) is 11.8 Å². The van der Waals surface area contributed by atoms with Gasteiger partial charge in [-0.05, 0) is 109 Å². The smallest absolute Gasteiger partial charge is 0.246 e. The molecule has 13 atom stereocenters. The molecule has 0 aromatic heterocycles. The van der Waals surface area contributed by atoms with Gasteiger partial charge in [0, 0.05) is 107 Å². The van der Waals surface area contributed by atoms with E-state index in [1.54, 1.807) is 54.5 Å². The van der Waals surface area contributed by atoms with Crippen LogP contribution in [0.5, 0.6) is 0 Å². The fourth-order valence-electron chi connectivity index (χ4n) is 12.8. The van der Waals surface area contributed by atoms with Gasteiger partial charge >= 0.3 is 0 Å². The van der Waals surface area contributed by atoms with Crippen LogP contribution in [0.3, 0.4) is 0 Å². The van der Waals surface area contributed by atoms with Crippen LogP contribution in [-0.4, -0.2) is 309 Å². The topological polar surface area (TPSA) is 326 Å². The Balaban J connectivity index is 3.13. The van der Waals surface area contributed by atoms with Crippen LogP contribution in [-0.2, 0) is 52.7 Å². The van der Waals surface area contributed by atoms with E-state index in [0.29, 0.717) is 25.3 Å². The molecule has 0 radical (unpaired) electrons. The maximum Gasteiger partial charge on any atom is 0.246 e. The van der Waals surface area contributed by atoms with Gasteiger partial charge in [0.1, 0.15) is 66.5 Å². The molecule has 0 bridgehead atoms. The summed E-state index contributed by atoms with van der Waals surface area (Å²) in [7, 11) is 9.91. The third kappa shape index (κ3) is 26.4. The van der Waals surface area contributed by atoms with E-state index in [1.807, 2.05) is 47.6 Å². The van der Waals surface area contributed by atoms with E-state index < -0.39 is 161 Å². The zero-order valence-electron chi connectivity index (χ0n) is 65.1. The molecule has 27 nitrogen and oxygen atoms in total. The number of hydrogen-bond donors (Lipinski definition) is 7. The molecule has 0 aliphatic carbocycles. The highest BCUT2D eigenvalue weighted by Gasteiger charge is 2.47. The Kier molecular flexibility index (Phi) is 37.8. The third-order valence-corrected chi connectivity index (χ3v) is 20.4. The summed E-state index contributed by atoms with van der Waals surface area (Å²) < 4.78 is 0. The zero-order chi connectivity index (χ0) is 76.7. The number of thioether (sulfide) groups is 1. The average molecular weight is 1430 g/mol. The SMILES string of the molecule is C/C=C/C[C@@H](C)[C@@H](O)[C@H]1C(=O)N[C@H](CC)C(=O)N(C)[C@H](CSCCN2CCN(CCO)CC2)C(=O)N(C)[C@@H](CC(C)(C)O)C(=O)N[C@H](C(C)C)C(=O)N(C)[C@H](CC(C)C)C(=O)N[C@H](C)C(=O)N[C@@H](C)C(=O)N(C)[C@@H](CC(C)C)C(=O)N(C)[C@H](CCC(C)C)C(=O)N(C)[C@H](C(C)C)C(=O)N1C. The maximum atomic E-state index is 15.5. The highest BCUT2D eigenvalue weighted by Crippen LogP contribution is 2.27. The Morgan fingerprint density at radius 1 is 0.520 bits per heavy atom. The molecule has 0 aromatic rings. The van der Waals surface area contributed by atoms with Crippen molar-refractivity contribution in [2.24, 2.45) is 35.5 Å². The first-order valence-electron chi connectivity index (χ1n) is 36.2. The fraction of sp³-hybridized carbons (Fsp3) is 0.819. The highest BCUT2D eigenvalue weighted by molar-refractivity contribution is 7.99. The second kappa shape index (κ2) is 42.0. The van der Waals surface area contributed by atoms with Crippen molar-refractivity contribution >= 4 is 76.7 Å². The van der Waals surface area contributed by atoms with Crippen LogP contribution in [0.1, 0.15) is 163 Å². The number of likely N-dealkylation sites (N-methyl/N-ethyl adjacent to an activating group) is 7. The molecule has 2 heterocycles. The zero-order valence-corrected chi connectivity index (χ0v) is 65.9. The maximum absolute atomic E-state index is 15.5. The van der Waals surface area contributed by atoms with Crippen molar-refractivity contribution in [3.63, 3.8) is 0 Å². The number of hydrogen-bond acceptors (Lipinski definition) is 17. The molecule has 2 aliphatic heterocycles. The number of β-amino-alcohol motifs (C(OH)–C–C–N with tert-alkyl or cyclic N) is 1. The molecule has 2 rings (SSSR count). The standard InChI is InChI=1S/C72H131N13O14S/c1-25-27-28-48(13)60(87)59-64(91)75-51(26-2)66(93)81(22)56(42-100-38-36-85-33-31-84(32-34-85)35-37-86)69(96)80(21)55(41-72(16,17)99)63(90)76-57(46(9)10)70(97)78(19)53(39-44(5)6)62(89)73-49(14)61(88)74-50(15)65(92)79(20)54(40-45(7)8)68(95)77(18)52(30-29-43(3)4)67(94)82(23)58(47(11)12)71(98)83(59)24/h25,27,43-60,86-87,99H,26,28-42H2,1-24H3,(H,73,89)(H,74,88)(H,75,91)(H,76,90)/b27-25+/t48-,49-,50+,51-,52-,53-,54+,55+,56-,57-,58-,59+,60-/m1/s1. The number of aliphatic hydroxyl groups is 3. The number of allylic oxidation sites excluding steroid dienone is 2. The molecule has 100 heavy (non-hydrogen) atoms. The van der Waals surface area contributed by atoms with Crippen molar-refractivity contribution < 1.29 is 68.1 Å². The molecule has 0 spiro atoms. The van der Waals surface area contributed by atoms with Crippen molar-refractivity contribution in [1.29, 1.82) is 0 Å². The van der Waals surface area contributed by atoms with Crippen LogP contribution in [0.2, 0.25) is 0 Å². The summed E-state index contributed by atoms with van der Waals surface area (Å²) in [5, 5.41) is 44.5. The predicted molar refractivity (Wildman–Crippen MR) is 391 cm³/mol. The minimum absolute atomic E-state index is 0.00647. The predicted octanol–water partition coefficient (Wildman–Crippen LogP) is 2.49. The van der Waals surface area contributed by atoms with Gasteiger partial charge in [-0.15, -0.1) is 0 Å². The lowest BCUT2D eigenvalue weighted by Gasteiger charge is -2.41. The van der Waals surface area contributed by atoms with Crippen molar-refractivity contribution in [1.82, 2.24) is 65.4 Å². The van der Waals surface area contributed by atoms with Crippen molar-refractivity contribution in [2.75, 3.05) is 107 Å². The van der Waals surface area contributed by atoms with Crippen LogP contribution in [0.4, 0.5) is 0 Å². The van der Waals surface area contributed by atoms with Gasteiger partial charge in [-0.3, -0.25) is 62.5 Å². The number of piperazine rings is 1. The van der Waals surface area contributed by atoms with Gasteiger partial charge in [0.15, 0.2) is 0 Å². The molecule has 2 saturated heterocycles. The monoisotopic (exact) mass is 1430 g/mol. The minimum atomic E-state index is -1.67. The first-order valence-corrected chi connectivity index (χ1v) is 37.3. The molecule has 0 saturated carbocycles. The Hall–Kier alpha value is -5.94. The van der Waals surface area contributed by atoms with Gasteiger partial charge in [-0.1, -0.05) is 95.2 Å². The van der Waals surface area contributed by atoms with Crippen LogP contribution < -0.4 is 21.3 Å². The summed E-state index contributed by atoms with van der Waals surface area (Å²) >= 11 is 1.39. The van der Waals surface area contributed by atoms with E-state index in [0.717, 1.165) is 36.0 Å². The number of aliphatic hydroxyl groups excluding tert-OH is 2. The Morgan fingerprint density at radius 3 is 1.49 bits per heavy atom. The largest absolute Gasteiger partial charge is 0.395 e. The Bertz CT molecular complexity index is 2720. The first kappa shape index (κ1) is 90.1. The van der Waals surface area contributed by atoms with Gasteiger partial charge in [0.2, 0.25) is 65.0 Å². The van der Waals surface area contributed by atoms with Crippen molar-refractivity contribution in [2.45, 2.75) is 241 Å². The summed E-state index contributed by atoms with van der Waals surface area (Å²) in [6.07, 6.45) is 2.80. The molecule has 574 valence electrons. The molecule has 0 unspecified atom stereocenters. The van der Waals surface area contributed by atoms with Crippen LogP contribution in [0, 0.1) is 35.5 Å². The van der Waals surface area contributed by atoms with E-state index in [2.05, 4.69) is 31.1 Å². The van der Waals surface area contributed by atoms with Crippen LogP contribution >= 0.6 is 11.8 Å². The van der Waals surface area contributed by atoms with E-state index in [1.165, 1.54) is 113 Å². The number of nitrogens with one attached hydrogen (secondary N) is 4. The van der Waals surface area contributed by atoms with Gasteiger partial charge in [0.05, 0.1) is 18.3 Å². The second-order valence-corrected chi connectivity index (χ2v) is 31.7. The lowest BCUT2D eigenvalue weighted by molar-refractivity contribution is -0.157. The lowest BCUT2D eigenvalue weighted by Crippen LogP contribution is -2.64. The van der Waals surface area contributed by atoms with Crippen LogP contribution in [0.25, 0.3) is 0 Å². The normalized spacial score (nSPS) is 26.9. The van der Waals surface area contributed by atoms with E-state index in [-0.39, 0.29) is 68.6 Å². The van der Waals surface area contributed by atoms with Gasteiger partial charge in [-0.25, -0.2) is 0 Å². The second-order valence-electron chi connectivity index (χ2n) is 30.5. The first-order chi connectivity index (χ1) is 46.4. The lowest BCUT2D eigenvalue weighted by atomic mass is 9.91. The van der Waals surface area contributed by atoms with E-state index in [9.17, 15) is 34.5 Å². The summed E-state index contributed by atoms with van der Waals surface area (Å²) in [5.41, 5.74) is -1.60. The molecule has 2 fully saturated rings. The number of rotatable bonds is 23. The highest BCUT2D eigenvalue weighted by atomic mass is 32.2. The fourth-order valence-corrected chi connectivity index (χ4v) is 14.0. The van der Waals surface area contributed by atoms with Crippen molar-refractivity contribution in [3.05, 3.63) is 12.2 Å². The summed E-state index contributed by atoms with van der Waals surface area (Å²) in [5.74, 6) is -9.62. The average Bonchev–Trinajstić information content (AvgIpc) is 0.807. The van der Waals surface area contributed by atoms with E-state index >= 15 is 33.6 Å². The number of nitrogens with zero attached hydrogens (tertiary/aromatic N) is 9. The number of carbonyl (C=O) groups excluding carboxylic acids is 11. The van der Waals surface area contributed by atoms with Crippen molar-refractivity contribution in [3.8, 4) is 0 Å². The van der Waals surface area contributed by atoms with Crippen LogP contribution in [0.15, 0.2) is 12.2 Å². The quantitative estimate of drug-likeness (QED) is 0.0571. The van der Waals surface area contributed by atoms with E-state index in [4.69, 9.17) is 0 Å². The molecule has 2 aliphatic rings. The number of amides is 11. The molecule has 0 aromatic carbocycles. The van der Waals surface area contributed by atoms with Gasteiger partial charge < -0.3 is 70.9 Å². The minimum Gasteiger partial charge on any atom is -0.395 e. The Labute approximate surface area is 602 Å².